The zero-order valence-corrected chi connectivity index (χ0v) is 58.3. The van der Waals surface area contributed by atoms with Crippen LogP contribution in [-0.2, 0) is 10.8 Å². The van der Waals surface area contributed by atoms with E-state index in [-0.39, 0.29) is 10.8 Å². The molecule has 0 fully saturated rings. The highest BCUT2D eigenvalue weighted by Gasteiger charge is 2.38. The van der Waals surface area contributed by atoms with Crippen molar-refractivity contribution in [1.29, 1.82) is 0 Å². The minimum atomic E-state index is -0.342. The van der Waals surface area contributed by atoms with Gasteiger partial charge in [-0.2, -0.15) is 19.9 Å². The van der Waals surface area contributed by atoms with Gasteiger partial charge in [0.1, 0.15) is 22.3 Å². The lowest BCUT2D eigenvalue weighted by Crippen LogP contribution is -2.15. The summed E-state index contributed by atoms with van der Waals surface area (Å²) in [6.07, 6.45) is 0. The number of benzene rings is 14. The molecule has 0 unspecified atom stereocenters. The first-order chi connectivity index (χ1) is 52.0. The van der Waals surface area contributed by atoms with Gasteiger partial charge in [0, 0.05) is 88.3 Å². The average molecular weight is 1360 g/mol. The molecule has 0 radical (unpaired) electrons. The summed E-state index contributed by atoms with van der Waals surface area (Å²) in [4.78, 5) is 32.5. The Balaban J connectivity index is 0.623. The van der Waals surface area contributed by atoms with E-state index in [0.717, 1.165) is 143 Å². The second kappa shape index (κ2) is 22.4. The zero-order chi connectivity index (χ0) is 70.3. The van der Waals surface area contributed by atoms with Gasteiger partial charge in [-0.15, -0.1) is 0 Å². The highest BCUT2D eigenvalue weighted by molar-refractivity contribution is 6.19. The van der Waals surface area contributed by atoms with Crippen molar-refractivity contribution in [3.63, 3.8) is 0 Å². The smallest absolute Gasteiger partial charge is 0.238 e. The topological polar surface area (TPSA) is 113 Å². The summed E-state index contributed by atoms with van der Waals surface area (Å²) in [5, 5.41) is 8.70. The van der Waals surface area contributed by atoms with Crippen molar-refractivity contribution in [3.05, 3.63) is 326 Å². The Morgan fingerprint density at radius 1 is 0.217 bits per heavy atom. The van der Waals surface area contributed by atoms with Gasteiger partial charge in [-0.1, -0.05) is 258 Å². The Morgan fingerprint density at radius 3 is 1.14 bits per heavy atom. The predicted molar refractivity (Wildman–Crippen MR) is 430 cm³/mol. The van der Waals surface area contributed by atoms with Crippen molar-refractivity contribution in [3.8, 4) is 113 Å². The van der Waals surface area contributed by atoms with Crippen LogP contribution < -0.4 is 0 Å². The van der Waals surface area contributed by atoms with Crippen LogP contribution >= 0.6 is 0 Å². The van der Waals surface area contributed by atoms with Crippen LogP contribution in [-0.4, -0.2) is 39.0 Å². The van der Waals surface area contributed by atoms with E-state index in [1.54, 1.807) is 0 Å². The van der Waals surface area contributed by atoms with E-state index < -0.39 is 0 Å². The molecule has 2 aliphatic rings. The first kappa shape index (κ1) is 59.9. The maximum absolute atomic E-state index is 6.57. The molecule has 0 N–H and O–H groups in total. The summed E-state index contributed by atoms with van der Waals surface area (Å²) in [5.74, 6) is 3.38. The van der Waals surface area contributed by atoms with Gasteiger partial charge in [0.05, 0.1) is 22.1 Å². The van der Waals surface area contributed by atoms with Crippen molar-refractivity contribution >= 4 is 87.5 Å². The Kier molecular flexibility index (Phi) is 12.7. The normalized spacial score (nSPS) is 13.4. The molecule has 0 aliphatic heterocycles. The summed E-state index contributed by atoms with van der Waals surface area (Å²) in [7, 11) is 0. The van der Waals surface area contributed by atoms with Gasteiger partial charge >= 0.3 is 0 Å². The SMILES string of the molecule is CC1(C)c2ccccc2-c2ccc(-c3nc(-c4ccc5c(c4)C(C)(C)c4ccc(-c6cccc(-c7ccc(-c8nc(-c9ccc(-c%10ccccc%10)cc9)nc(-n9c%10ccccc%10c%10cc%11c(cc%109)oc9ccccc9%11)n8)cc7)c6)cc4-5)nc(-n4c5ccccc5c5cc6c(cc54)oc4ccccc46)n3)cc21. The molecular formula is C96H62N8O2. The molecule has 6 aromatic heterocycles. The fourth-order valence-corrected chi connectivity index (χ4v) is 17.3. The van der Waals surface area contributed by atoms with Crippen LogP contribution in [0.3, 0.4) is 0 Å². The van der Waals surface area contributed by atoms with Crippen LogP contribution in [0, 0.1) is 0 Å². The molecule has 498 valence electrons. The summed E-state index contributed by atoms with van der Waals surface area (Å²) < 4.78 is 17.4. The summed E-state index contributed by atoms with van der Waals surface area (Å²) in [5.41, 5.74) is 26.9. The van der Waals surface area contributed by atoms with Crippen LogP contribution in [0.1, 0.15) is 49.9 Å². The highest BCUT2D eigenvalue weighted by atomic mass is 16.3. The Hall–Kier alpha value is -13.7. The van der Waals surface area contributed by atoms with Crippen LogP contribution in [0.15, 0.2) is 312 Å². The quantitative estimate of drug-likeness (QED) is 0.140. The van der Waals surface area contributed by atoms with E-state index in [9.17, 15) is 0 Å². The standard InChI is InChI=1S/C96H62N8O2/c1-95(2)77-28-13-8-23-65(77)66-44-41-63(49-79(66)95)91-98-92(102-94(101-91)104-82-30-15-10-25-69(82)74-52-76-71-27-12-17-32-86(71)106-88(76)54-84(74)104)64-42-45-67-72-48-62(43-46-78(72)96(3,4)80(67)50-64)61-22-18-21-60(47-61)57-35-39-59(40-36-57)90-97-89(58-37-33-56(34-38-58)55-19-6-5-7-20-55)99-93(100-90)103-81-29-14-9-24-68(81)73-51-75-70-26-11-16-31-85(70)105-87(75)53-83(73)103/h5-54H,1-4H3. The lowest BCUT2D eigenvalue weighted by Gasteiger charge is -2.22. The van der Waals surface area contributed by atoms with Crippen molar-refractivity contribution in [2.24, 2.45) is 0 Å². The van der Waals surface area contributed by atoms with Crippen LogP contribution in [0.5, 0.6) is 0 Å². The molecule has 6 heterocycles. The minimum Gasteiger partial charge on any atom is -0.456 e. The molecule has 106 heavy (non-hydrogen) atoms. The van der Waals surface area contributed by atoms with Gasteiger partial charge in [0.2, 0.25) is 11.9 Å². The second-order valence-corrected chi connectivity index (χ2v) is 29.4. The van der Waals surface area contributed by atoms with Gasteiger partial charge in [-0.05, 0) is 139 Å². The zero-order valence-electron chi connectivity index (χ0n) is 58.3. The first-order valence-electron chi connectivity index (χ1n) is 36.1. The van der Waals surface area contributed by atoms with Crippen molar-refractivity contribution in [2.45, 2.75) is 38.5 Å². The largest absolute Gasteiger partial charge is 0.456 e. The predicted octanol–water partition coefficient (Wildman–Crippen LogP) is 24.3. The Bertz CT molecular complexity index is 7130. The lowest BCUT2D eigenvalue weighted by molar-refractivity contribution is 0.660. The monoisotopic (exact) mass is 1360 g/mol. The van der Waals surface area contributed by atoms with Crippen molar-refractivity contribution < 1.29 is 8.83 Å². The molecule has 0 saturated carbocycles. The third-order valence-electron chi connectivity index (χ3n) is 22.7. The number of para-hydroxylation sites is 4. The van der Waals surface area contributed by atoms with Crippen LogP contribution in [0.2, 0.25) is 0 Å². The average Bonchev–Trinajstić information content (AvgIpc) is 1.58. The van der Waals surface area contributed by atoms with E-state index >= 15 is 0 Å². The van der Waals surface area contributed by atoms with E-state index in [4.69, 9.17) is 38.7 Å². The van der Waals surface area contributed by atoms with Gasteiger partial charge in [0.25, 0.3) is 0 Å². The molecule has 10 nitrogen and oxygen atoms in total. The lowest BCUT2D eigenvalue weighted by atomic mass is 9.81. The second-order valence-electron chi connectivity index (χ2n) is 29.4. The number of furan rings is 2. The van der Waals surface area contributed by atoms with Gasteiger partial charge in [-0.25, -0.2) is 9.97 Å². The van der Waals surface area contributed by atoms with E-state index in [1.165, 1.54) is 44.5 Å². The molecule has 10 heteroatoms. The molecule has 22 rings (SSSR count). The molecule has 0 spiro atoms. The van der Waals surface area contributed by atoms with E-state index in [0.29, 0.717) is 35.2 Å². The third kappa shape index (κ3) is 9.04. The molecular weight excluding hydrogens is 1300 g/mol. The third-order valence-corrected chi connectivity index (χ3v) is 22.7. The van der Waals surface area contributed by atoms with Crippen LogP contribution in [0.25, 0.3) is 201 Å². The fourth-order valence-electron chi connectivity index (χ4n) is 17.3. The molecule has 20 aromatic rings. The molecule has 14 aromatic carbocycles. The number of nitrogens with zero attached hydrogens (tertiary/aromatic N) is 8. The van der Waals surface area contributed by atoms with Crippen molar-refractivity contribution in [2.75, 3.05) is 0 Å². The van der Waals surface area contributed by atoms with E-state index in [1.807, 2.05) is 30.3 Å². The van der Waals surface area contributed by atoms with Gasteiger partial charge in [0.15, 0.2) is 23.3 Å². The Morgan fingerprint density at radius 2 is 0.594 bits per heavy atom. The maximum atomic E-state index is 6.57. The van der Waals surface area contributed by atoms with E-state index in [2.05, 4.69) is 310 Å². The summed E-state index contributed by atoms with van der Waals surface area (Å²) >= 11 is 0. The molecule has 0 atom stereocenters. The maximum Gasteiger partial charge on any atom is 0.238 e. The number of fused-ring (bicyclic) bond motifs is 18. The number of hydrogen-bond acceptors (Lipinski definition) is 8. The molecule has 0 bridgehead atoms. The Labute approximate surface area is 608 Å². The highest BCUT2D eigenvalue weighted by Crippen LogP contribution is 2.53. The molecule has 2 aliphatic carbocycles. The van der Waals surface area contributed by atoms with Gasteiger partial charge < -0.3 is 8.83 Å². The first-order valence-corrected chi connectivity index (χ1v) is 36.1. The van der Waals surface area contributed by atoms with Crippen LogP contribution in [0.4, 0.5) is 0 Å². The van der Waals surface area contributed by atoms with Crippen molar-refractivity contribution in [1.82, 2.24) is 39.0 Å². The minimum absolute atomic E-state index is 0.222. The molecule has 0 saturated heterocycles. The fraction of sp³-hybridized carbons (Fsp3) is 0.0625. The number of aromatic nitrogens is 8. The summed E-state index contributed by atoms with van der Waals surface area (Å²) in [6, 6.07) is 108. The number of rotatable bonds is 9. The summed E-state index contributed by atoms with van der Waals surface area (Å²) in [6.45, 7) is 9.31. The number of hydrogen-bond donors (Lipinski definition) is 0. The van der Waals surface area contributed by atoms with Gasteiger partial charge in [-0.3, -0.25) is 9.13 Å². The molecule has 0 amide bonds.